The number of hydrazone groups is 2. The highest BCUT2D eigenvalue weighted by Crippen LogP contribution is 2.31. The van der Waals surface area contributed by atoms with Crippen LogP contribution in [0, 0.1) is 20.2 Å². The van der Waals surface area contributed by atoms with Gasteiger partial charge in [-0.15, -0.1) is 0 Å². The molecule has 0 aliphatic carbocycles. The Labute approximate surface area is 247 Å². The van der Waals surface area contributed by atoms with Crippen LogP contribution in [0.25, 0.3) is 22.6 Å². The minimum absolute atomic E-state index is 0.104. The number of hydrogen-bond acceptors (Lipinski definition) is 10. The average Bonchev–Trinajstić information content (AvgIpc) is 3.71. The SMILES string of the molecule is O=C(N/N=C\c1ccc(-c2ccccc2[N+](=O)[O-])o1)c1ccc(C(=O)N/N=C\c2ccc(-c3ccccc3[N+](=O)[O-])o2)cc1. The average molecular weight is 593 g/mol. The Morgan fingerprint density at radius 1 is 0.591 bits per heavy atom. The van der Waals surface area contributed by atoms with Gasteiger partial charge in [0.1, 0.15) is 23.0 Å². The van der Waals surface area contributed by atoms with E-state index in [1.54, 1.807) is 60.7 Å². The van der Waals surface area contributed by atoms with Gasteiger partial charge in [-0.3, -0.25) is 29.8 Å². The maximum Gasteiger partial charge on any atom is 0.280 e. The monoisotopic (exact) mass is 592 g/mol. The van der Waals surface area contributed by atoms with Gasteiger partial charge in [-0.05, 0) is 60.7 Å². The van der Waals surface area contributed by atoms with Crippen molar-refractivity contribution in [3.05, 3.63) is 140 Å². The largest absolute Gasteiger partial charge is 0.455 e. The first-order valence-electron chi connectivity index (χ1n) is 12.7. The molecule has 0 fully saturated rings. The maximum atomic E-state index is 12.5. The van der Waals surface area contributed by atoms with E-state index in [0.717, 1.165) is 0 Å². The van der Waals surface area contributed by atoms with E-state index in [1.807, 2.05) is 0 Å². The Bertz CT molecular complexity index is 1780. The van der Waals surface area contributed by atoms with Crippen LogP contribution in [0.5, 0.6) is 0 Å². The molecule has 2 heterocycles. The van der Waals surface area contributed by atoms with E-state index in [2.05, 4.69) is 21.1 Å². The topological polar surface area (TPSA) is 195 Å². The summed E-state index contributed by atoms with van der Waals surface area (Å²) in [5.74, 6) is -0.0318. The molecule has 2 N–H and O–H groups in total. The van der Waals surface area contributed by atoms with E-state index in [-0.39, 0.29) is 45.5 Å². The highest BCUT2D eigenvalue weighted by molar-refractivity contribution is 5.98. The van der Waals surface area contributed by atoms with Gasteiger partial charge in [0.15, 0.2) is 0 Å². The number of furan rings is 2. The lowest BCUT2D eigenvalue weighted by Gasteiger charge is -2.02. The number of para-hydroxylation sites is 2. The van der Waals surface area contributed by atoms with Crippen LogP contribution >= 0.6 is 0 Å². The molecule has 0 unspecified atom stereocenters. The molecule has 0 bridgehead atoms. The summed E-state index contributed by atoms with van der Waals surface area (Å²) in [7, 11) is 0. The van der Waals surface area contributed by atoms with E-state index in [4.69, 9.17) is 8.83 Å². The van der Waals surface area contributed by atoms with E-state index in [0.29, 0.717) is 11.1 Å². The van der Waals surface area contributed by atoms with E-state index in [1.165, 1.54) is 48.8 Å². The van der Waals surface area contributed by atoms with Crippen LogP contribution in [0.1, 0.15) is 32.2 Å². The van der Waals surface area contributed by atoms with Crippen LogP contribution in [0.2, 0.25) is 0 Å². The van der Waals surface area contributed by atoms with Crippen molar-refractivity contribution >= 4 is 35.6 Å². The first-order chi connectivity index (χ1) is 21.3. The summed E-state index contributed by atoms with van der Waals surface area (Å²) in [6, 6.07) is 24.2. The highest BCUT2D eigenvalue weighted by Gasteiger charge is 2.18. The summed E-state index contributed by atoms with van der Waals surface area (Å²) in [6.45, 7) is 0. The molecule has 44 heavy (non-hydrogen) atoms. The first kappa shape index (κ1) is 28.8. The second-order valence-electron chi connectivity index (χ2n) is 8.93. The summed E-state index contributed by atoms with van der Waals surface area (Å²) in [4.78, 5) is 46.4. The molecule has 0 saturated carbocycles. The minimum atomic E-state index is -0.552. The Hall–Kier alpha value is -6.70. The highest BCUT2D eigenvalue weighted by atomic mass is 16.6. The minimum Gasteiger partial charge on any atom is -0.455 e. The third-order valence-corrected chi connectivity index (χ3v) is 6.11. The molecule has 0 spiro atoms. The molecule has 3 aromatic carbocycles. The molecule has 5 aromatic rings. The number of carbonyl (C=O) groups excluding carboxylic acids is 2. The van der Waals surface area contributed by atoms with Gasteiger partial charge in [-0.1, -0.05) is 24.3 Å². The van der Waals surface area contributed by atoms with Crippen LogP contribution in [-0.2, 0) is 0 Å². The van der Waals surface area contributed by atoms with Crippen molar-refractivity contribution in [2.45, 2.75) is 0 Å². The van der Waals surface area contributed by atoms with Gasteiger partial charge in [0, 0.05) is 23.3 Å². The fourth-order valence-corrected chi connectivity index (χ4v) is 4.03. The van der Waals surface area contributed by atoms with Gasteiger partial charge >= 0.3 is 0 Å². The molecule has 2 amide bonds. The molecule has 0 aliphatic rings. The lowest BCUT2D eigenvalue weighted by molar-refractivity contribution is -0.384. The molecule has 0 atom stereocenters. The number of hydrogen-bond donors (Lipinski definition) is 2. The standard InChI is InChI=1S/C30H20N6O8/c37-29(33-31-17-21-13-15-27(43-21)23-5-1-3-7-25(23)35(39)40)19-9-11-20(12-10-19)30(38)34-32-18-22-14-16-28(44-22)24-6-2-4-8-26(24)36(41)42/h1-18H,(H,33,37)(H,34,38)/b31-17-,32-18-. The zero-order chi connectivity index (χ0) is 31.1. The molecule has 5 rings (SSSR count). The van der Waals surface area contributed by atoms with E-state index >= 15 is 0 Å². The van der Waals surface area contributed by atoms with Crippen LogP contribution in [-0.4, -0.2) is 34.1 Å². The van der Waals surface area contributed by atoms with Gasteiger partial charge in [0.25, 0.3) is 23.2 Å². The molecule has 0 radical (unpaired) electrons. The van der Waals surface area contributed by atoms with Crippen molar-refractivity contribution in [2.75, 3.05) is 0 Å². The second kappa shape index (κ2) is 12.9. The number of nitrogens with zero attached hydrogens (tertiary/aromatic N) is 4. The van der Waals surface area contributed by atoms with Crippen molar-refractivity contribution in [1.29, 1.82) is 0 Å². The van der Waals surface area contributed by atoms with Crippen molar-refractivity contribution in [3.8, 4) is 22.6 Å². The zero-order valence-corrected chi connectivity index (χ0v) is 22.4. The van der Waals surface area contributed by atoms with Gasteiger partial charge in [-0.2, -0.15) is 10.2 Å². The Kier molecular flexibility index (Phi) is 8.42. The van der Waals surface area contributed by atoms with Crippen LogP contribution < -0.4 is 10.9 Å². The summed E-state index contributed by atoms with van der Waals surface area (Å²) in [6.07, 6.45) is 2.50. The number of amides is 2. The van der Waals surface area contributed by atoms with Gasteiger partial charge in [0.05, 0.1) is 33.4 Å². The fourth-order valence-electron chi connectivity index (χ4n) is 4.03. The summed E-state index contributed by atoms with van der Waals surface area (Å²) < 4.78 is 11.2. The molecule has 0 saturated heterocycles. The number of nitro benzene ring substituents is 2. The fraction of sp³-hybridized carbons (Fsp3) is 0. The number of carbonyl (C=O) groups is 2. The molecule has 218 valence electrons. The molecule has 2 aromatic heterocycles. The summed E-state index contributed by atoms with van der Waals surface area (Å²) >= 11 is 0. The van der Waals surface area contributed by atoms with Crippen molar-refractivity contribution in [3.63, 3.8) is 0 Å². The predicted molar refractivity (Wildman–Crippen MR) is 158 cm³/mol. The molecular formula is C30H20N6O8. The van der Waals surface area contributed by atoms with Crippen molar-refractivity contribution < 1.29 is 28.3 Å². The molecular weight excluding hydrogens is 572 g/mol. The lowest BCUT2D eigenvalue weighted by Crippen LogP contribution is -2.19. The summed E-state index contributed by atoms with van der Waals surface area (Å²) in [5, 5.41) is 30.2. The molecule has 0 aliphatic heterocycles. The molecule has 14 heteroatoms. The van der Waals surface area contributed by atoms with Gasteiger partial charge in [0.2, 0.25) is 0 Å². The zero-order valence-electron chi connectivity index (χ0n) is 22.4. The maximum absolute atomic E-state index is 12.5. The predicted octanol–water partition coefficient (Wildman–Crippen LogP) is 5.55. The van der Waals surface area contributed by atoms with Crippen molar-refractivity contribution in [2.24, 2.45) is 10.2 Å². The Morgan fingerprint density at radius 3 is 1.36 bits per heavy atom. The van der Waals surface area contributed by atoms with Crippen molar-refractivity contribution in [1.82, 2.24) is 10.9 Å². The number of nitro groups is 2. The van der Waals surface area contributed by atoms with E-state index in [9.17, 15) is 29.8 Å². The number of nitrogens with one attached hydrogen (secondary N) is 2. The van der Waals surface area contributed by atoms with Crippen LogP contribution in [0.15, 0.2) is 116 Å². The summed E-state index contributed by atoms with van der Waals surface area (Å²) in [5.41, 5.74) is 5.53. The number of benzene rings is 3. The van der Waals surface area contributed by atoms with E-state index < -0.39 is 21.7 Å². The van der Waals surface area contributed by atoms with Crippen LogP contribution in [0.4, 0.5) is 11.4 Å². The second-order valence-corrected chi connectivity index (χ2v) is 8.93. The van der Waals surface area contributed by atoms with Crippen LogP contribution in [0.3, 0.4) is 0 Å². The first-order valence-corrected chi connectivity index (χ1v) is 12.7. The lowest BCUT2D eigenvalue weighted by atomic mass is 10.1. The quantitative estimate of drug-likeness (QED) is 0.120. The third-order valence-electron chi connectivity index (χ3n) is 6.11. The Balaban J connectivity index is 1.14. The number of rotatable bonds is 10. The van der Waals surface area contributed by atoms with Gasteiger partial charge < -0.3 is 8.83 Å². The van der Waals surface area contributed by atoms with Gasteiger partial charge in [-0.25, -0.2) is 10.9 Å². The Morgan fingerprint density at radius 2 is 0.977 bits per heavy atom. The normalized spacial score (nSPS) is 11.1. The smallest absolute Gasteiger partial charge is 0.280 e. The molecule has 14 nitrogen and oxygen atoms in total. The third kappa shape index (κ3) is 6.60.